The fourth-order valence-electron chi connectivity index (χ4n) is 9.03. The minimum absolute atomic E-state index is 0.260. The maximum atomic E-state index is 13.2. The third kappa shape index (κ3) is 34.4. The van der Waals surface area contributed by atoms with E-state index in [2.05, 4.69) is 129 Å². The van der Waals surface area contributed by atoms with Crippen LogP contribution in [0, 0.1) is 0 Å². The first kappa shape index (κ1) is 71.5. The topological polar surface area (TPSA) is 228 Å². The zero-order chi connectivity index (χ0) is 57.4. The second kappa shape index (κ2) is 49.0. The third-order valence-electron chi connectivity index (χ3n) is 13.9. The summed E-state index contributed by atoms with van der Waals surface area (Å²) < 4.78 is 22.7. The first-order valence-corrected chi connectivity index (χ1v) is 30.3. The molecule has 0 spiro atoms. The van der Waals surface area contributed by atoms with E-state index in [1.807, 2.05) is 6.08 Å². The van der Waals surface area contributed by atoms with E-state index in [1.165, 1.54) is 57.8 Å². The molecule has 2 aliphatic heterocycles. The minimum atomic E-state index is -1.80. The number of hydrogen-bond donors (Lipinski definition) is 9. The largest absolute Gasteiger partial charge is 0.394 e. The van der Waals surface area contributed by atoms with Gasteiger partial charge < -0.3 is 65.1 Å². The number of aliphatic hydroxyl groups excluding tert-OH is 8. The van der Waals surface area contributed by atoms with Gasteiger partial charge in [0.15, 0.2) is 12.6 Å². The van der Waals surface area contributed by atoms with Crippen LogP contribution < -0.4 is 5.32 Å². The first-order valence-electron chi connectivity index (χ1n) is 30.3. The molecule has 2 rings (SSSR count). The van der Waals surface area contributed by atoms with Crippen molar-refractivity contribution in [3.8, 4) is 0 Å². The highest BCUT2D eigenvalue weighted by Crippen LogP contribution is 2.30. The Bertz CT molecular complexity index is 1790. The van der Waals surface area contributed by atoms with Gasteiger partial charge in [-0.25, -0.2) is 0 Å². The molecule has 2 saturated heterocycles. The molecular formula is C65H107NO13. The Balaban J connectivity index is 1.64. The van der Waals surface area contributed by atoms with Gasteiger partial charge in [0.25, 0.3) is 0 Å². The summed E-state index contributed by atoms with van der Waals surface area (Å²) in [5.74, 6) is -0.262. The highest BCUT2D eigenvalue weighted by molar-refractivity contribution is 5.76. The van der Waals surface area contributed by atoms with Gasteiger partial charge in [0.1, 0.15) is 48.8 Å². The van der Waals surface area contributed by atoms with Crippen LogP contribution in [0.4, 0.5) is 0 Å². The molecular weight excluding hydrogens is 1000 g/mol. The van der Waals surface area contributed by atoms with E-state index in [-0.39, 0.29) is 18.9 Å². The van der Waals surface area contributed by atoms with E-state index >= 15 is 0 Å². The van der Waals surface area contributed by atoms with Crippen LogP contribution in [0.25, 0.3) is 0 Å². The lowest BCUT2D eigenvalue weighted by atomic mass is 9.97. The van der Waals surface area contributed by atoms with Crippen LogP contribution in [-0.2, 0) is 23.7 Å². The molecule has 2 aliphatic rings. The molecule has 2 fully saturated rings. The van der Waals surface area contributed by atoms with Gasteiger partial charge >= 0.3 is 0 Å². The Labute approximate surface area is 476 Å². The van der Waals surface area contributed by atoms with E-state index in [0.29, 0.717) is 12.8 Å². The average Bonchev–Trinajstić information content (AvgIpc) is 3.47. The van der Waals surface area contributed by atoms with Crippen molar-refractivity contribution in [2.24, 2.45) is 0 Å². The number of carbonyl (C=O) groups excluding carboxylic acids is 1. The van der Waals surface area contributed by atoms with Crippen molar-refractivity contribution in [1.29, 1.82) is 0 Å². The first-order chi connectivity index (χ1) is 38.6. The number of hydrogen-bond acceptors (Lipinski definition) is 13. The van der Waals surface area contributed by atoms with E-state index < -0.39 is 86.8 Å². The second-order valence-electron chi connectivity index (χ2n) is 20.7. The van der Waals surface area contributed by atoms with Crippen molar-refractivity contribution < 1.29 is 64.6 Å². The van der Waals surface area contributed by atoms with Crippen LogP contribution in [-0.4, -0.2) is 140 Å². The van der Waals surface area contributed by atoms with E-state index in [1.54, 1.807) is 6.08 Å². The molecule has 14 heteroatoms. The number of allylic oxidation sites excluding steroid dienone is 19. The summed E-state index contributed by atoms with van der Waals surface area (Å²) >= 11 is 0. The Hall–Kier alpha value is -3.61. The number of nitrogens with one attached hydrogen (secondary N) is 1. The summed E-state index contributed by atoms with van der Waals surface area (Å²) in [6.07, 6.45) is 54.1. The lowest BCUT2D eigenvalue weighted by Gasteiger charge is -2.46. The fraction of sp³-hybridized carbons (Fsp3) is 0.677. The Morgan fingerprint density at radius 1 is 0.468 bits per heavy atom. The van der Waals surface area contributed by atoms with Crippen molar-refractivity contribution in [2.75, 3.05) is 19.8 Å². The second-order valence-corrected chi connectivity index (χ2v) is 20.7. The van der Waals surface area contributed by atoms with E-state index in [0.717, 1.165) is 96.3 Å². The highest BCUT2D eigenvalue weighted by Gasteiger charge is 2.51. The minimum Gasteiger partial charge on any atom is -0.394 e. The maximum Gasteiger partial charge on any atom is 0.220 e. The molecule has 450 valence electrons. The average molecular weight is 1110 g/mol. The van der Waals surface area contributed by atoms with Crippen LogP contribution in [0.5, 0.6) is 0 Å². The van der Waals surface area contributed by atoms with Crippen molar-refractivity contribution in [3.05, 3.63) is 122 Å². The summed E-state index contributed by atoms with van der Waals surface area (Å²) in [4.78, 5) is 13.2. The molecule has 1 amide bonds. The predicted octanol–water partition coefficient (Wildman–Crippen LogP) is 10.6. The number of rotatable bonds is 46. The lowest BCUT2D eigenvalue weighted by Crippen LogP contribution is -2.65. The molecule has 79 heavy (non-hydrogen) atoms. The van der Waals surface area contributed by atoms with Crippen molar-refractivity contribution in [2.45, 2.75) is 261 Å². The molecule has 12 atom stereocenters. The Morgan fingerprint density at radius 3 is 1.39 bits per heavy atom. The number of carbonyl (C=O) groups is 1. The monoisotopic (exact) mass is 1110 g/mol. The van der Waals surface area contributed by atoms with Crippen molar-refractivity contribution >= 4 is 5.91 Å². The molecule has 0 aromatic carbocycles. The van der Waals surface area contributed by atoms with Crippen LogP contribution in [0.1, 0.15) is 187 Å². The van der Waals surface area contributed by atoms with Gasteiger partial charge in [0, 0.05) is 6.42 Å². The Kier molecular flexibility index (Phi) is 44.4. The quantitative estimate of drug-likeness (QED) is 0.0204. The van der Waals surface area contributed by atoms with Gasteiger partial charge in [-0.05, 0) is 96.3 Å². The smallest absolute Gasteiger partial charge is 0.220 e. The molecule has 0 bridgehead atoms. The fourth-order valence-corrected chi connectivity index (χ4v) is 9.03. The molecule has 0 saturated carbocycles. The molecule has 0 aromatic heterocycles. The zero-order valence-corrected chi connectivity index (χ0v) is 48.3. The molecule has 0 radical (unpaired) electrons. The molecule has 9 N–H and O–H groups in total. The number of unbranched alkanes of at least 4 members (excludes halogenated alkanes) is 15. The summed E-state index contributed by atoms with van der Waals surface area (Å²) in [6.45, 7) is 2.59. The van der Waals surface area contributed by atoms with Crippen molar-refractivity contribution in [1.82, 2.24) is 5.32 Å². The normalized spacial score (nSPS) is 25.3. The highest BCUT2D eigenvalue weighted by atomic mass is 16.7. The number of amides is 1. The summed E-state index contributed by atoms with van der Waals surface area (Å²) in [7, 11) is 0. The number of aliphatic hydroxyl groups is 8. The van der Waals surface area contributed by atoms with Gasteiger partial charge in [0.05, 0.1) is 32.0 Å². The molecule has 14 nitrogen and oxygen atoms in total. The molecule has 0 aromatic rings. The summed E-state index contributed by atoms with van der Waals surface area (Å²) in [5, 5.41) is 86.8. The van der Waals surface area contributed by atoms with Gasteiger partial charge in [0.2, 0.25) is 5.91 Å². The summed E-state index contributed by atoms with van der Waals surface area (Å²) in [6, 6.07) is -0.940. The van der Waals surface area contributed by atoms with Gasteiger partial charge in [-0.1, -0.05) is 206 Å². The molecule has 0 aliphatic carbocycles. The third-order valence-corrected chi connectivity index (χ3v) is 13.9. The standard InChI is InChI=1S/C65H107NO13/c1-3-5-7-9-11-13-15-16-17-18-19-20-21-22-23-24-25-26-27-28-29-30-31-32-33-34-35-36-37-38-39-41-43-45-47-49-57(70)66-53(54(69)48-46-44-42-40-14-12-10-8-6-4-2)52-76-64-62(75)60(73)63(56(51-68)78-64)79-65-61(74)59(72)58(71)55(50-67)77-65/h5,7,11,13-14,16-17,19-20,22-23,25-26,28-29,31-32,40,46,48,53-56,58-65,67-69,71-75H,3-4,6,8-10,12,15,18,21,24,27,30,33-39,41-45,47,49-52H2,1-2H3,(H,66,70)/b7-5-,13-11-,17-16-,20-19-,23-22-,26-25-,29-28-,32-31-,40-14+,48-46+. The van der Waals surface area contributed by atoms with Gasteiger partial charge in [-0.15, -0.1) is 0 Å². The zero-order valence-electron chi connectivity index (χ0n) is 48.3. The predicted molar refractivity (Wildman–Crippen MR) is 318 cm³/mol. The Morgan fingerprint density at radius 2 is 0.886 bits per heavy atom. The van der Waals surface area contributed by atoms with Crippen LogP contribution in [0.15, 0.2) is 122 Å². The summed E-state index contributed by atoms with van der Waals surface area (Å²) in [5.41, 5.74) is 0. The lowest BCUT2D eigenvalue weighted by molar-refractivity contribution is -0.359. The van der Waals surface area contributed by atoms with Crippen molar-refractivity contribution in [3.63, 3.8) is 0 Å². The van der Waals surface area contributed by atoms with Crippen LogP contribution in [0.3, 0.4) is 0 Å². The van der Waals surface area contributed by atoms with Crippen LogP contribution in [0.2, 0.25) is 0 Å². The SMILES string of the molecule is CC/C=C\C/C=C\C/C=C\C/C=C\C/C=C\C/C=C\C/C=C\C/C=C\CCCCCCCCCCCCC(=O)NC(COC1OC(CO)C(OC2OC(CO)C(O)C(O)C2O)C(O)C1O)C(O)/C=C/CC/C=C/CCCCCC. The van der Waals surface area contributed by atoms with Gasteiger partial charge in [-0.3, -0.25) is 4.79 Å². The number of ether oxygens (including phenoxy) is 4. The molecule has 2 heterocycles. The van der Waals surface area contributed by atoms with Gasteiger partial charge in [-0.2, -0.15) is 0 Å². The molecule has 12 unspecified atom stereocenters. The van der Waals surface area contributed by atoms with E-state index in [4.69, 9.17) is 18.9 Å². The maximum absolute atomic E-state index is 13.2. The van der Waals surface area contributed by atoms with E-state index in [9.17, 15) is 45.6 Å². The van der Waals surface area contributed by atoms with Crippen LogP contribution >= 0.6 is 0 Å².